The van der Waals surface area contributed by atoms with Gasteiger partial charge in [-0.15, -0.1) is 21.5 Å². The highest BCUT2D eigenvalue weighted by molar-refractivity contribution is 7.15. The van der Waals surface area contributed by atoms with E-state index in [1.54, 1.807) is 23.7 Å². The minimum absolute atomic E-state index is 0.113. The van der Waals surface area contributed by atoms with Crippen LogP contribution in [0, 0.1) is 20.8 Å². The summed E-state index contributed by atoms with van der Waals surface area (Å²) in [5.74, 6) is 1.32. The van der Waals surface area contributed by atoms with Crippen molar-refractivity contribution in [3.63, 3.8) is 0 Å². The van der Waals surface area contributed by atoms with Gasteiger partial charge >= 0.3 is 0 Å². The zero-order valence-corrected chi connectivity index (χ0v) is 20.6. The van der Waals surface area contributed by atoms with Gasteiger partial charge < -0.3 is 5.32 Å². The highest BCUT2D eigenvalue weighted by Crippen LogP contribution is 2.39. The van der Waals surface area contributed by atoms with Crippen LogP contribution in [0.1, 0.15) is 51.2 Å². The standard InChI is InChI=1S/C25H23ClN6OS/c1-14-15(2)34-25-22(14)23(18-6-8-19(26)9-7-18)29-20(24-31-30-16(3)32(24)25)11-21(33)28-13-17-5-4-10-27-12-17/h4-10,12,20H,11,13H2,1-3H3,(H,28,33). The predicted molar refractivity (Wildman–Crippen MR) is 134 cm³/mol. The third kappa shape index (κ3) is 4.15. The molecule has 7 nitrogen and oxygen atoms in total. The van der Waals surface area contributed by atoms with Gasteiger partial charge in [0.05, 0.1) is 12.1 Å². The number of thiophene rings is 1. The molecule has 1 aromatic carbocycles. The molecule has 0 radical (unpaired) electrons. The van der Waals surface area contributed by atoms with Gasteiger partial charge in [-0.2, -0.15) is 0 Å². The van der Waals surface area contributed by atoms with Crippen molar-refractivity contribution in [1.82, 2.24) is 25.1 Å². The largest absolute Gasteiger partial charge is 0.352 e. The second kappa shape index (κ2) is 9.12. The molecule has 1 atom stereocenters. The second-order valence-electron chi connectivity index (χ2n) is 8.25. The maximum Gasteiger partial charge on any atom is 0.222 e. The number of fused-ring (bicyclic) bond motifs is 3. The van der Waals surface area contributed by atoms with Crippen LogP contribution in [-0.4, -0.2) is 31.4 Å². The van der Waals surface area contributed by atoms with Crippen LogP contribution < -0.4 is 5.32 Å². The molecule has 0 fully saturated rings. The smallest absolute Gasteiger partial charge is 0.222 e. The summed E-state index contributed by atoms with van der Waals surface area (Å²) in [6.07, 6.45) is 3.61. The van der Waals surface area contributed by atoms with Crippen LogP contribution in [0.5, 0.6) is 0 Å². The summed E-state index contributed by atoms with van der Waals surface area (Å²) >= 11 is 7.85. The lowest BCUT2D eigenvalue weighted by Gasteiger charge is -2.13. The molecule has 4 aromatic rings. The zero-order valence-electron chi connectivity index (χ0n) is 19.0. The maximum atomic E-state index is 13.0. The number of hydrogen-bond acceptors (Lipinski definition) is 6. The van der Waals surface area contributed by atoms with Crippen LogP contribution in [-0.2, 0) is 11.3 Å². The van der Waals surface area contributed by atoms with Gasteiger partial charge in [-0.3, -0.25) is 19.3 Å². The van der Waals surface area contributed by atoms with Gasteiger partial charge in [0.25, 0.3) is 0 Å². The van der Waals surface area contributed by atoms with E-state index in [9.17, 15) is 4.79 Å². The molecule has 1 amide bonds. The lowest BCUT2D eigenvalue weighted by molar-refractivity contribution is -0.121. The van der Waals surface area contributed by atoms with Gasteiger partial charge in [-0.05, 0) is 50.1 Å². The predicted octanol–water partition coefficient (Wildman–Crippen LogP) is 4.90. The highest BCUT2D eigenvalue weighted by atomic mass is 35.5. The topological polar surface area (TPSA) is 85.1 Å². The van der Waals surface area contributed by atoms with Gasteiger partial charge in [-0.25, -0.2) is 0 Å². The van der Waals surface area contributed by atoms with E-state index < -0.39 is 6.04 Å². The Morgan fingerprint density at radius 1 is 1.15 bits per heavy atom. The summed E-state index contributed by atoms with van der Waals surface area (Å²) in [4.78, 5) is 23.4. The molecular weight excluding hydrogens is 468 g/mol. The number of carbonyl (C=O) groups excluding carboxylic acids is 1. The molecular formula is C25H23ClN6OS. The fourth-order valence-electron chi connectivity index (χ4n) is 4.08. The first-order chi connectivity index (χ1) is 16.4. The van der Waals surface area contributed by atoms with E-state index in [2.05, 4.69) is 34.3 Å². The van der Waals surface area contributed by atoms with Gasteiger partial charge in [-0.1, -0.05) is 29.8 Å². The summed E-state index contributed by atoms with van der Waals surface area (Å²) in [6.45, 7) is 6.55. The van der Waals surface area contributed by atoms with E-state index in [1.807, 2.05) is 47.9 Å². The Balaban J connectivity index is 1.56. The number of amides is 1. The summed E-state index contributed by atoms with van der Waals surface area (Å²) in [7, 11) is 0. The first kappa shape index (κ1) is 22.4. The van der Waals surface area contributed by atoms with Crippen molar-refractivity contribution in [1.29, 1.82) is 0 Å². The third-order valence-electron chi connectivity index (χ3n) is 5.95. The second-order valence-corrected chi connectivity index (χ2v) is 9.89. The average Bonchev–Trinajstić information content (AvgIpc) is 3.31. The number of aliphatic imine (C=N–C) groups is 1. The molecule has 34 heavy (non-hydrogen) atoms. The maximum absolute atomic E-state index is 13.0. The average molecular weight is 491 g/mol. The number of carbonyl (C=O) groups is 1. The normalized spacial score (nSPS) is 14.7. The number of hydrogen-bond donors (Lipinski definition) is 1. The Labute approximate surface area is 206 Å². The van der Waals surface area contributed by atoms with Gasteiger partial charge in [0, 0.05) is 40.0 Å². The molecule has 172 valence electrons. The zero-order chi connectivity index (χ0) is 23.8. The Morgan fingerprint density at radius 2 is 1.94 bits per heavy atom. The van der Waals surface area contributed by atoms with Crippen molar-refractivity contribution >= 4 is 34.6 Å². The van der Waals surface area contributed by atoms with Crippen LogP contribution in [0.2, 0.25) is 5.02 Å². The van der Waals surface area contributed by atoms with Crippen molar-refractivity contribution in [2.75, 3.05) is 0 Å². The lowest BCUT2D eigenvalue weighted by atomic mass is 9.99. The van der Waals surface area contributed by atoms with E-state index >= 15 is 0 Å². The number of aromatic nitrogens is 4. The van der Waals surface area contributed by atoms with Crippen molar-refractivity contribution < 1.29 is 4.79 Å². The molecule has 0 saturated carbocycles. The van der Waals surface area contributed by atoms with Gasteiger partial charge in [0.15, 0.2) is 5.82 Å². The number of aryl methyl sites for hydroxylation is 2. The van der Waals surface area contributed by atoms with E-state index in [1.165, 1.54) is 4.88 Å². The molecule has 9 heteroatoms. The Morgan fingerprint density at radius 3 is 2.68 bits per heavy atom. The number of nitrogens with zero attached hydrogens (tertiary/aromatic N) is 5. The molecule has 5 rings (SSSR count). The molecule has 1 unspecified atom stereocenters. The third-order valence-corrected chi connectivity index (χ3v) is 7.39. The molecule has 0 spiro atoms. The Kier molecular flexibility index (Phi) is 6.02. The molecule has 1 aliphatic heterocycles. The number of rotatable bonds is 5. The molecule has 1 N–H and O–H groups in total. The fraction of sp³-hybridized carbons (Fsp3) is 0.240. The number of nitrogens with one attached hydrogen (secondary N) is 1. The van der Waals surface area contributed by atoms with Crippen molar-refractivity contribution in [2.24, 2.45) is 4.99 Å². The van der Waals surface area contributed by atoms with Crippen LogP contribution in [0.15, 0.2) is 53.8 Å². The molecule has 0 saturated heterocycles. The lowest BCUT2D eigenvalue weighted by Crippen LogP contribution is -2.25. The Hall–Kier alpha value is -3.36. The monoisotopic (exact) mass is 490 g/mol. The number of pyridine rings is 1. The Bertz CT molecular complexity index is 1390. The molecule has 1 aliphatic rings. The van der Waals surface area contributed by atoms with E-state index in [4.69, 9.17) is 16.6 Å². The van der Waals surface area contributed by atoms with Crippen LogP contribution in [0.25, 0.3) is 5.00 Å². The SMILES string of the molecule is Cc1sc2c(c1C)C(c1ccc(Cl)cc1)=NC(CC(=O)NCc1cccnc1)c1nnc(C)n1-2. The highest BCUT2D eigenvalue weighted by Gasteiger charge is 2.32. The first-order valence-electron chi connectivity index (χ1n) is 10.9. The summed E-state index contributed by atoms with van der Waals surface area (Å²) in [5, 5.41) is 13.5. The number of benzene rings is 1. The number of halogens is 1. The van der Waals surface area contributed by atoms with Crippen LogP contribution in [0.3, 0.4) is 0 Å². The minimum atomic E-state index is -0.486. The summed E-state index contributed by atoms with van der Waals surface area (Å²) in [5.41, 5.74) is 4.93. The van der Waals surface area contributed by atoms with Crippen molar-refractivity contribution in [3.05, 3.63) is 92.6 Å². The van der Waals surface area contributed by atoms with Gasteiger partial charge in [0.2, 0.25) is 5.91 Å². The summed E-state index contributed by atoms with van der Waals surface area (Å²) in [6, 6.07) is 11.0. The quantitative estimate of drug-likeness (QED) is 0.431. The molecule has 0 bridgehead atoms. The van der Waals surface area contributed by atoms with E-state index in [-0.39, 0.29) is 12.3 Å². The fourth-order valence-corrected chi connectivity index (χ4v) is 5.42. The summed E-state index contributed by atoms with van der Waals surface area (Å²) < 4.78 is 2.05. The van der Waals surface area contributed by atoms with E-state index in [0.29, 0.717) is 17.4 Å². The first-order valence-corrected chi connectivity index (χ1v) is 12.1. The molecule has 0 aliphatic carbocycles. The van der Waals surface area contributed by atoms with Crippen molar-refractivity contribution in [3.8, 4) is 5.00 Å². The van der Waals surface area contributed by atoms with Crippen LogP contribution >= 0.6 is 22.9 Å². The molecule has 3 aromatic heterocycles. The van der Waals surface area contributed by atoms with Gasteiger partial charge in [0.1, 0.15) is 16.9 Å². The van der Waals surface area contributed by atoms with Crippen LogP contribution in [0.4, 0.5) is 0 Å². The van der Waals surface area contributed by atoms with E-state index in [0.717, 1.165) is 38.8 Å². The molecule has 4 heterocycles. The van der Waals surface area contributed by atoms with Crippen molar-refractivity contribution in [2.45, 2.75) is 39.8 Å². The minimum Gasteiger partial charge on any atom is -0.352 e.